The van der Waals surface area contributed by atoms with Crippen molar-refractivity contribution in [1.82, 2.24) is 80.5 Å². The van der Waals surface area contributed by atoms with Crippen molar-refractivity contribution in [3.63, 3.8) is 0 Å². The highest BCUT2D eigenvalue weighted by Crippen LogP contribution is 2.31. The van der Waals surface area contributed by atoms with Crippen LogP contribution >= 0.6 is 45.8 Å². The van der Waals surface area contributed by atoms with Gasteiger partial charge in [-0.25, -0.2) is 50.3 Å². The molecule has 25 nitrogen and oxygen atoms in total. The Labute approximate surface area is 830 Å². The van der Waals surface area contributed by atoms with Crippen molar-refractivity contribution in [1.29, 1.82) is 10.5 Å². The monoisotopic (exact) mass is 2040 g/mol. The number of nitrogens with zero attached hydrogens (tertiary/aromatic N) is 13. The quantitative estimate of drug-likeness (QED) is 0.0221. The lowest BCUT2D eigenvalue weighted by atomic mass is 10.1. The van der Waals surface area contributed by atoms with Gasteiger partial charge in [0.2, 0.25) is 5.91 Å². The van der Waals surface area contributed by atoms with Gasteiger partial charge in [0.05, 0.1) is 138 Å². The molecule has 0 fully saturated rings. The Kier molecular flexibility index (Phi) is 30.6. The molecule has 0 aliphatic heterocycles. The van der Waals surface area contributed by atoms with E-state index < -0.39 is 5.91 Å². The number of carbonyl (C=O) groups is 6. The largest absolute Gasteiger partial charge is 0.366 e. The molecule has 6 aromatic heterocycles. The highest BCUT2D eigenvalue weighted by atomic mass is 127. The van der Waals surface area contributed by atoms with Gasteiger partial charge < -0.3 is 32.3 Å². The molecular weight excluding hydrogens is 1960 g/mol. The summed E-state index contributed by atoms with van der Waals surface area (Å²) in [5.74, 6) is -0.863. The molecule has 33 heteroatoms. The van der Waals surface area contributed by atoms with E-state index in [1.807, 2.05) is 84.9 Å². The zero-order valence-electron chi connectivity index (χ0n) is 74.4. The summed E-state index contributed by atoms with van der Waals surface area (Å²) in [6, 6.07) is 89.3. The lowest BCUT2D eigenvalue weighted by molar-refractivity contribution is 0.0944. The molecule has 0 atom stereocenters. The molecule has 20 aromatic rings. The Balaban J connectivity index is 0.000000128. The van der Waals surface area contributed by atoms with Gasteiger partial charge in [-0.2, -0.15) is 36.0 Å². The van der Waals surface area contributed by atoms with Crippen molar-refractivity contribution in [2.24, 2.45) is 5.73 Å². The maximum atomic E-state index is 13.2. The first-order valence-electron chi connectivity index (χ1n) is 43.4. The second-order valence-corrected chi connectivity index (χ2v) is 33.5. The van der Waals surface area contributed by atoms with Crippen molar-refractivity contribution >= 4 is 136 Å². The molecule has 0 spiro atoms. The zero-order chi connectivity index (χ0) is 99.5. The van der Waals surface area contributed by atoms with E-state index in [1.165, 1.54) is 66.7 Å². The third-order valence-electron chi connectivity index (χ3n) is 22.4. The van der Waals surface area contributed by atoms with E-state index in [0.717, 1.165) is 58.9 Å². The first-order chi connectivity index (χ1) is 68.9. The predicted octanol–water partition coefficient (Wildman–Crippen LogP) is 20.6. The second-order valence-electron chi connectivity index (χ2n) is 31.5. The van der Waals surface area contributed by atoms with Crippen LogP contribution in [-0.2, 0) is 32.7 Å². The zero-order valence-corrected chi connectivity index (χ0v) is 78.1. The van der Waals surface area contributed by atoms with E-state index in [9.17, 15) is 50.7 Å². The van der Waals surface area contributed by atoms with E-state index in [4.69, 9.17) is 45.9 Å². The summed E-state index contributed by atoms with van der Waals surface area (Å²) in [6.07, 6.45) is 15.1. The number of pyridine rings is 1. The van der Waals surface area contributed by atoms with Crippen LogP contribution in [0.15, 0.2) is 347 Å². The molecule has 0 radical (unpaired) electrons. The van der Waals surface area contributed by atoms with E-state index >= 15 is 0 Å². The summed E-state index contributed by atoms with van der Waals surface area (Å²) in [6.45, 7) is 1.55. The molecule has 14 aromatic carbocycles. The maximum absolute atomic E-state index is 13.2. The summed E-state index contributed by atoms with van der Waals surface area (Å²) < 4.78 is 75.5. The summed E-state index contributed by atoms with van der Waals surface area (Å²) in [5, 5.41) is 58.3. The third-order valence-corrected chi connectivity index (χ3v) is 23.8. The molecule has 0 bridgehead atoms. The third kappa shape index (κ3) is 23.1. The Morgan fingerprint density at radius 3 is 0.880 bits per heavy atom. The van der Waals surface area contributed by atoms with Crippen molar-refractivity contribution in [3.8, 4) is 52.9 Å². The minimum Gasteiger partial charge on any atom is -0.366 e. The number of benzene rings is 14. The number of amides is 6. The molecule has 0 saturated heterocycles. The molecule has 0 aliphatic rings. The molecule has 142 heavy (non-hydrogen) atoms. The summed E-state index contributed by atoms with van der Waals surface area (Å²) in [4.78, 5) is 79.0. The van der Waals surface area contributed by atoms with Gasteiger partial charge in [0.1, 0.15) is 34.8 Å². The summed E-state index contributed by atoms with van der Waals surface area (Å²) in [5.41, 5.74) is 21.1. The predicted molar refractivity (Wildman–Crippen MR) is 540 cm³/mol. The van der Waals surface area contributed by atoms with Crippen molar-refractivity contribution in [2.75, 3.05) is 0 Å². The number of nitriles is 2. The van der Waals surface area contributed by atoms with Crippen LogP contribution in [0.25, 0.3) is 83.0 Å². The van der Waals surface area contributed by atoms with Gasteiger partial charge in [-0.1, -0.05) is 102 Å². The smallest absolute Gasteiger partial charge is 0.252 e. The summed E-state index contributed by atoms with van der Waals surface area (Å²) in [7, 11) is 0. The van der Waals surface area contributed by atoms with Crippen molar-refractivity contribution in [3.05, 3.63) is 467 Å². The fourth-order valence-electron chi connectivity index (χ4n) is 15.1. The van der Waals surface area contributed by atoms with Crippen LogP contribution in [-0.4, -0.2) is 89.3 Å². The standard InChI is InChI=1S/C22H16ClFN4O2.C22H14ClFN4O.2C22H15FN4O.C21H15FIN3O/c23-19-10-13(21(25)29)4-5-14(19)11-26-22(30)17-2-1-3-20-18(17)12-27-28(20)16-8-6-15(24)7-9-16;23-20-10-14(11-25)4-5-15(20)12-26-22(29)18-2-1-3-21-19(18)13-27-28(21)17-8-6-16(24)7-9-17;1-2-17-9-6-15(12-24-17)13-25-22(28)19-4-3-5-21-20(19)14-26-27(21)18-10-7-16(23)8-11-18;23-17-8-10-18(11-9-17)27-21-3-1-2-19(20(21)14-26-27)22(28)25-13-16-6-4-15(12-24)5-7-16;22-15-6-10-17(11-7-15)26-20-3-1-2-18(19(20)13-25-26)21(27)24-12-14-4-8-16(23)9-5-14/h1-10,12H,11H2,(H2,25,29)(H,26,30);1-10,13H,12H2,(H,26,29);1,3-12,14H,13H2,(H,25,28);1-11,14H,13H2,(H,25,28);1-11,13H,12H2,(H,24,27). The number of primary amides is 1. The Morgan fingerprint density at radius 2 is 0.606 bits per heavy atom. The minimum absolute atomic E-state index is 0.155. The van der Waals surface area contributed by atoms with Crippen molar-refractivity contribution < 1.29 is 50.7 Å². The van der Waals surface area contributed by atoms with Crippen LogP contribution in [0.3, 0.4) is 0 Å². The molecule has 20 rings (SSSR count). The van der Waals surface area contributed by atoms with E-state index in [2.05, 4.69) is 91.6 Å². The summed E-state index contributed by atoms with van der Waals surface area (Å²) >= 11 is 14.6. The normalized spacial score (nSPS) is 10.7. The number of hydrogen-bond donors (Lipinski definition) is 6. The fraction of sp³-hybridized carbons (Fsp3) is 0.0459. The number of terminal acetylenes is 1. The topological polar surface area (TPSA) is 338 Å². The van der Waals surface area contributed by atoms with Gasteiger partial charge in [0.15, 0.2) is 0 Å². The van der Waals surface area contributed by atoms with Crippen LogP contribution in [0.5, 0.6) is 0 Å². The first-order valence-corrected chi connectivity index (χ1v) is 45.2. The van der Waals surface area contributed by atoms with Crippen molar-refractivity contribution in [2.45, 2.75) is 32.7 Å². The molecule has 698 valence electrons. The van der Waals surface area contributed by atoms with Crippen LogP contribution < -0.4 is 32.3 Å². The Hall–Kier alpha value is -18.1. The van der Waals surface area contributed by atoms with E-state index in [1.54, 1.807) is 224 Å². The number of nitrogens with one attached hydrogen (secondary N) is 5. The number of nitrogens with two attached hydrogens (primary N) is 1. The number of hydrogen-bond acceptors (Lipinski definition) is 14. The lowest BCUT2D eigenvalue weighted by Gasteiger charge is -2.09. The molecule has 7 N–H and O–H groups in total. The highest BCUT2D eigenvalue weighted by Gasteiger charge is 2.22. The van der Waals surface area contributed by atoms with Gasteiger partial charge >= 0.3 is 0 Å². The van der Waals surface area contributed by atoms with Crippen LogP contribution in [0.1, 0.15) is 107 Å². The molecule has 0 unspecified atom stereocenters. The fourth-order valence-corrected chi connectivity index (χ4v) is 15.9. The lowest BCUT2D eigenvalue weighted by Crippen LogP contribution is -2.23. The molecule has 6 heterocycles. The Bertz CT molecular complexity index is 8060. The number of halogens is 8. The number of carbonyl (C=O) groups excluding carboxylic acids is 6. The van der Waals surface area contributed by atoms with Gasteiger partial charge in [-0.05, 0) is 287 Å². The second kappa shape index (κ2) is 44.8. The number of aromatic nitrogens is 11. The van der Waals surface area contributed by atoms with Crippen LogP contribution in [0.2, 0.25) is 10.0 Å². The average Bonchev–Trinajstić information content (AvgIpc) is 1.65. The van der Waals surface area contributed by atoms with Gasteiger partial charge in [0.25, 0.3) is 29.5 Å². The molecule has 6 amide bonds. The van der Waals surface area contributed by atoms with Crippen LogP contribution in [0, 0.1) is 67.7 Å². The van der Waals surface area contributed by atoms with Gasteiger partial charge in [-0.15, -0.1) is 6.42 Å². The molecular formula is C109H75Cl2F5IN19O6. The van der Waals surface area contributed by atoms with Gasteiger partial charge in [0, 0.05) is 85.0 Å². The van der Waals surface area contributed by atoms with E-state index in [0.29, 0.717) is 135 Å². The highest BCUT2D eigenvalue weighted by molar-refractivity contribution is 14.1. The van der Waals surface area contributed by atoms with Crippen LogP contribution in [0.4, 0.5) is 22.0 Å². The molecule has 0 saturated carbocycles. The maximum Gasteiger partial charge on any atom is 0.252 e. The first kappa shape index (κ1) is 97.0. The average molecular weight is 2040 g/mol. The van der Waals surface area contributed by atoms with Gasteiger partial charge in [-0.3, -0.25) is 28.8 Å². The molecule has 0 aliphatic carbocycles. The number of rotatable bonds is 21. The Morgan fingerprint density at radius 1 is 0.331 bits per heavy atom. The number of fused-ring (bicyclic) bond motifs is 5. The minimum atomic E-state index is -0.572. The van der Waals surface area contributed by atoms with E-state index in [-0.39, 0.29) is 71.7 Å². The SMILES string of the molecule is C#Cc1ccc(CNC(=O)c2cccc3c2cnn3-c2ccc(F)cc2)cn1.N#Cc1ccc(CNC(=O)c2cccc3c2cnn3-c2ccc(F)cc2)c(Cl)c1.N#Cc1ccc(CNC(=O)c2cccc3c2cnn3-c2ccc(F)cc2)cc1.NC(=O)c1ccc(CNC(=O)c2cccc3c2cnn3-c2ccc(F)cc2)c(Cl)c1.O=C(NCc1ccc(I)cc1)c1cccc2c1cnn2-c1ccc(F)cc1.